The molecule has 0 saturated carbocycles. The average Bonchev–Trinajstić information content (AvgIpc) is 2.43. The SMILES string of the molecule is COc1ccc(C(C)Nc2c(C)cccc2Cl)cc1. The maximum Gasteiger partial charge on any atom is 0.118 e. The number of para-hydroxylation sites is 1. The molecule has 3 heteroatoms. The number of halogens is 1. The average molecular weight is 276 g/mol. The number of methoxy groups -OCH3 is 1. The predicted octanol–water partition coefficient (Wildman–Crippen LogP) is 4.83. The summed E-state index contributed by atoms with van der Waals surface area (Å²) in [4.78, 5) is 0. The molecule has 0 spiro atoms. The molecule has 100 valence electrons. The molecule has 0 radical (unpaired) electrons. The van der Waals surface area contributed by atoms with E-state index in [0.717, 1.165) is 22.0 Å². The molecule has 19 heavy (non-hydrogen) atoms. The first-order valence-electron chi connectivity index (χ1n) is 6.27. The molecule has 0 aliphatic carbocycles. The Morgan fingerprint density at radius 1 is 1.11 bits per heavy atom. The first-order chi connectivity index (χ1) is 9.11. The van der Waals surface area contributed by atoms with E-state index < -0.39 is 0 Å². The lowest BCUT2D eigenvalue weighted by Crippen LogP contribution is -2.08. The lowest BCUT2D eigenvalue weighted by Gasteiger charge is -2.18. The van der Waals surface area contributed by atoms with Crippen molar-refractivity contribution in [3.63, 3.8) is 0 Å². The summed E-state index contributed by atoms with van der Waals surface area (Å²) in [6.45, 7) is 4.17. The molecule has 0 amide bonds. The van der Waals surface area contributed by atoms with Crippen LogP contribution >= 0.6 is 11.6 Å². The van der Waals surface area contributed by atoms with Gasteiger partial charge in [0.25, 0.3) is 0 Å². The first kappa shape index (κ1) is 13.8. The van der Waals surface area contributed by atoms with Gasteiger partial charge in [0.05, 0.1) is 17.8 Å². The van der Waals surface area contributed by atoms with E-state index in [1.54, 1.807) is 7.11 Å². The van der Waals surface area contributed by atoms with E-state index in [4.69, 9.17) is 16.3 Å². The molecule has 1 atom stereocenters. The maximum atomic E-state index is 6.23. The van der Waals surface area contributed by atoms with E-state index >= 15 is 0 Å². The lowest BCUT2D eigenvalue weighted by molar-refractivity contribution is 0.414. The Bertz CT molecular complexity index is 531. The highest BCUT2D eigenvalue weighted by Gasteiger charge is 2.09. The van der Waals surface area contributed by atoms with E-state index in [1.165, 1.54) is 5.56 Å². The molecule has 0 aromatic heterocycles. The minimum atomic E-state index is 0.185. The number of benzene rings is 2. The van der Waals surface area contributed by atoms with Crippen molar-refractivity contribution in [3.05, 3.63) is 58.6 Å². The van der Waals surface area contributed by atoms with Gasteiger partial charge >= 0.3 is 0 Å². The largest absolute Gasteiger partial charge is 0.497 e. The standard InChI is InChI=1S/C16H18ClNO/c1-11-5-4-6-15(17)16(11)18-12(2)13-7-9-14(19-3)10-8-13/h4-10,12,18H,1-3H3. The molecule has 0 fully saturated rings. The topological polar surface area (TPSA) is 21.3 Å². The molecule has 1 unspecified atom stereocenters. The number of ether oxygens (including phenoxy) is 1. The summed E-state index contributed by atoms with van der Waals surface area (Å²) >= 11 is 6.23. The van der Waals surface area contributed by atoms with Crippen LogP contribution in [0.15, 0.2) is 42.5 Å². The minimum absolute atomic E-state index is 0.185. The summed E-state index contributed by atoms with van der Waals surface area (Å²) in [5.74, 6) is 0.866. The number of aryl methyl sites for hydroxylation is 1. The highest BCUT2D eigenvalue weighted by atomic mass is 35.5. The molecule has 0 saturated heterocycles. The number of rotatable bonds is 4. The minimum Gasteiger partial charge on any atom is -0.497 e. The third-order valence-corrected chi connectivity index (χ3v) is 3.51. The fourth-order valence-electron chi connectivity index (χ4n) is 2.01. The third kappa shape index (κ3) is 3.21. The van der Waals surface area contributed by atoms with Crippen molar-refractivity contribution in [1.29, 1.82) is 0 Å². The summed E-state index contributed by atoms with van der Waals surface area (Å²) in [5.41, 5.74) is 3.33. The molecule has 1 N–H and O–H groups in total. The van der Waals surface area contributed by atoms with Crippen LogP contribution in [-0.2, 0) is 0 Å². The van der Waals surface area contributed by atoms with Crippen molar-refractivity contribution in [1.82, 2.24) is 0 Å². The summed E-state index contributed by atoms with van der Waals surface area (Å²) in [6, 6.07) is 14.1. The van der Waals surface area contributed by atoms with E-state index in [0.29, 0.717) is 0 Å². The Balaban J connectivity index is 2.18. The fourth-order valence-corrected chi connectivity index (χ4v) is 2.28. The van der Waals surface area contributed by atoms with Crippen molar-refractivity contribution in [2.45, 2.75) is 19.9 Å². The molecule has 2 nitrogen and oxygen atoms in total. The third-order valence-electron chi connectivity index (χ3n) is 3.20. The van der Waals surface area contributed by atoms with E-state index in [9.17, 15) is 0 Å². The van der Waals surface area contributed by atoms with Crippen molar-refractivity contribution < 1.29 is 4.74 Å². The van der Waals surface area contributed by atoms with Crippen LogP contribution in [-0.4, -0.2) is 7.11 Å². The molecule has 0 aliphatic rings. The maximum absolute atomic E-state index is 6.23. The van der Waals surface area contributed by atoms with Crippen LogP contribution in [0.4, 0.5) is 5.69 Å². The molecular formula is C16H18ClNO. The van der Waals surface area contributed by atoms with Crippen molar-refractivity contribution >= 4 is 17.3 Å². The van der Waals surface area contributed by atoms with Crippen LogP contribution in [0.3, 0.4) is 0 Å². The van der Waals surface area contributed by atoms with Crippen LogP contribution in [0.5, 0.6) is 5.75 Å². The summed E-state index contributed by atoms with van der Waals surface area (Å²) < 4.78 is 5.16. The van der Waals surface area contributed by atoms with Crippen LogP contribution < -0.4 is 10.1 Å². The van der Waals surface area contributed by atoms with E-state index in [1.807, 2.05) is 24.3 Å². The molecule has 2 aromatic rings. The van der Waals surface area contributed by atoms with Gasteiger partial charge in [-0.3, -0.25) is 0 Å². The molecule has 0 aliphatic heterocycles. The predicted molar refractivity (Wildman–Crippen MR) is 81.2 cm³/mol. The second-order valence-electron chi connectivity index (χ2n) is 4.57. The lowest BCUT2D eigenvalue weighted by atomic mass is 10.1. The molecule has 0 heterocycles. The van der Waals surface area contributed by atoms with E-state index in [2.05, 4.69) is 37.4 Å². The van der Waals surface area contributed by atoms with Gasteiger partial charge in [-0.25, -0.2) is 0 Å². The number of nitrogens with one attached hydrogen (secondary N) is 1. The normalized spacial score (nSPS) is 12.0. The van der Waals surface area contributed by atoms with Gasteiger partial charge in [-0.05, 0) is 43.2 Å². The van der Waals surface area contributed by atoms with Crippen LogP contribution in [0.1, 0.15) is 24.1 Å². The Morgan fingerprint density at radius 3 is 2.37 bits per heavy atom. The van der Waals surface area contributed by atoms with Gasteiger partial charge in [0, 0.05) is 6.04 Å². The van der Waals surface area contributed by atoms with Crippen LogP contribution in [0.25, 0.3) is 0 Å². The zero-order valence-electron chi connectivity index (χ0n) is 11.4. The Morgan fingerprint density at radius 2 is 1.79 bits per heavy atom. The second-order valence-corrected chi connectivity index (χ2v) is 4.98. The van der Waals surface area contributed by atoms with Gasteiger partial charge in [0.1, 0.15) is 5.75 Å². The fraction of sp³-hybridized carbons (Fsp3) is 0.250. The number of hydrogen-bond acceptors (Lipinski definition) is 2. The zero-order valence-corrected chi connectivity index (χ0v) is 12.2. The molecule has 2 rings (SSSR count). The summed E-state index contributed by atoms with van der Waals surface area (Å²) in [5, 5.41) is 4.21. The zero-order chi connectivity index (χ0) is 13.8. The van der Waals surface area contributed by atoms with Gasteiger partial charge in [-0.1, -0.05) is 35.9 Å². The van der Waals surface area contributed by atoms with Crippen LogP contribution in [0, 0.1) is 6.92 Å². The van der Waals surface area contributed by atoms with Crippen LogP contribution in [0.2, 0.25) is 5.02 Å². The monoisotopic (exact) mass is 275 g/mol. The number of hydrogen-bond donors (Lipinski definition) is 1. The smallest absolute Gasteiger partial charge is 0.118 e. The second kappa shape index (κ2) is 5.98. The number of anilines is 1. The van der Waals surface area contributed by atoms with Gasteiger partial charge in [-0.15, -0.1) is 0 Å². The van der Waals surface area contributed by atoms with Crippen molar-refractivity contribution in [2.75, 3.05) is 12.4 Å². The summed E-state index contributed by atoms with van der Waals surface area (Å²) in [6.07, 6.45) is 0. The summed E-state index contributed by atoms with van der Waals surface area (Å²) in [7, 11) is 1.67. The van der Waals surface area contributed by atoms with E-state index in [-0.39, 0.29) is 6.04 Å². The Kier molecular flexibility index (Phi) is 4.33. The van der Waals surface area contributed by atoms with Gasteiger partial charge in [0.2, 0.25) is 0 Å². The Labute approximate surface area is 119 Å². The first-order valence-corrected chi connectivity index (χ1v) is 6.65. The highest BCUT2D eigenvalue weighted by molar-refractivity contribution is 6.33. The quantitative estimate of drug-likeness (QED) is 0.863. The van der Waals surface area contributed by atoms with Gasteiger partial charge < -0.3 is 10.1 Å². The molecule has 0 bridgehead atoms. The molecular weight excluding hydrogens is 258 g/mol. The molecule has 2 aromatic carbocycles. The van der Waals surface area contributed by atoms with Crippen molar-refractivity contribution in [3.8, 4) is 5.75 Å². The van der Waals surface area contributed by atoms with Gasteiger partial charge in [-0.2, -0.15) is 0 Å². The Hall–Kier alpha value is -1.67. The van der Waals surface area contributed by atoms with Crippen molar-refractivity contribution in [2.24, 2.45) is 0 Å². The highest BCUT2D eigenvalue weighted by Crippen LogP contribution is 2.29. The van der Waals surface area contributed by atoms with Gasteiger partial charge in [0.15, 0.2) is 0 Å².